The van der Waals surface area contributed by atoms with Gasteiger partial charge in [-0.15, -0.1) is 0 Å². The zero-order valence-corrected chi connectivity index (χ0v) is 14.2. The first-order chi connectivity index (χ1) is 7.88. The molecule has 0 amide bonds. The molecule has 0 aliphatic rings. The fourth-order valence-corrected chi connectivity index (χ4v) is 4.71. The average Bonchev–Trinajstić information content (AvgIpc) is 2.23. The van der Waals surface area contributed by atoms with E-state index in [1.807, 2.05) is 18.2 Å². The Morgan fingerprint density at radius 1 is 1.00 bits per heavy atom. The first kappa shape index (κ1) is 16.6. The van der Waals surface area contributed by atoms with E-state index in [1.165, 1.54) is 0 Å². The molecule has 17 heavy (non-hydrogen) atoms. The molecule has 0 aliphatic carbocycles. The Labute approximate surface area is 111 Å². The van der Waals surface area contributed by atoms with Gasteiger partial charge in [-0.1, -0.05) is 0 Å². The van der Waals surface area contributed by atoms with E-state index in [9.17, 15) is 0 Å². The summed E-state index contributed by atoms with van der Waals surface area (Å²) in [5.41, 5.74) is 1.59. The first-order valence-corrected chi connectivity index (χ1v) is 13.8. The van der Waals surface area contributed by atoms with Gasteiger partial charge in [-0.05, 0) is 0 Å². The molecule has 0 nitrogen and oxygen atoms in total. The molecule has 0 rings (SSSR count). The molecular weight excluding hydrogens is 264 g/mol. The second kappa shape index (κ2) is 7.81. The minimum absolute atomic E-state index is 0.577. The summed E-state index contributed by atoms with van der Waals surface area (Å²) >= 11 is -1.72. The fourth-order valence-electron chi connectivity index (χ4n) is 2.05. The van der Waals surface area contributed by atoms with Gasteiger partial charge in [-0.25, -0.2) is 0 Å². The Balaban J connectivity index is 5.35. The summed E-state index contributed by atoms with van der Waals surface area (Å²) in [4.78, 5) is 0. The maximum absolute atomic E-state index is 3.90. The van der Waals surface area contributed by atoms with Crippen LogP contribution in [0.15, 0.2) is 47.8 Å². The molecule has 0 atom stereocenters. The third kappa shape index (κ3) is 5.63. The van der Waals surface area contributed by atoms with Crippen molar-refractivity contribution >= 4 is 20.0 Å². The third-order valence-electron chi connectivity index (χ3n) is 3.37. The number of rotatable bonds is 8. The van der Waals surface area contributed by atoms with Crippen molar-refractivity contribution in [1.82, 2.24) is 0 Å². The zero-order chi connectivity index (χ0) is 13.5. The molecule has 0 radical (unpaired) electrons. The van der Waals surface area contributed by atoms with Crippen LogP contribution in [0.4, 0.5) is 0 Å². The Bertz CT molecular complexity index is 297. The van der Waals surface area contributed by atoms with Gasteiger partial charge in [0.25, 0.3) is 0 Å². The first-order valence-electron chi connectivity index (χ1n) is 6.41. The van der Waals surface area contributed by atoms with Crippen molar-refractivity contribution in [3.05, 3.63) is 47.8 Å². The summed E-state index contributed by atoms with van der Waals surface area (Å²) in [5, 5.41) is 0. The van der Waals surface area contributed by atoms with Crippen molar-refractivity contribution in [2.45, 2.75) is 43.3 Å². The Morgan fingerprint density at radius 2 is 1.47 bits per heavy atom. The number of allylic oxidation sites excluding steroid dienone is 5. The molecule has 0 saturated heterocycles. The van der Waals surface area contributed by atoms with E-state index in [0.717, 1.165) is 19.1 Å². The number of hydrogen-bond donors (Lipinski definition) is 0. The van der Waals surface area contributed by atoms with Crippen LogP contribution in [0.5, 0.6) is 0 Å². The Morgan fingerprint density at radius 3 is 1.76 bits per heavy atom. The van der Waals surface area contributed by atoms with Gasteiger partial charge in [-0.3, -0.25) is 0 Å². The summed E-state index contributed by atoms with van der Waals surface area (Å²) in [6.07, 6.45) is 9.20. The van der Waals surface area contributed by atoms with Crippen LogP contribution in [0.1, 0.15) is 13.3 Å². The van der Waals surface area contributed by atoms with Crippen LogP contribution >= 0.6 is 0 Å². The van der Waals surface area contributed by atoms with Crippen molar-refractivity contribution in [1.29, 1.82) is 0 Å². The quantitative estimate of drug-likeness (QED) is 0.428. The van der Waals surface area contributed by atoms with Crippen LogP contribution in [0.3, 0.4) is 0 Å². The third-order valence-corrected chi connectivity index (χ3v) is 8.76. The second-order valence-corrected chi connectivity index (χ2v) is 16.7. The molecule has 0 bridgehead atoms. The van der Waals surface area contributed by atoms with Crippen molar-refractivity contribution in [2.24, 2.45) is 0 Å². The average molecular weight is 291 g/mol. The normalized spacial score (nSPS) is 12.7. The molecule has 2 heteroatoms. The van der Waals surface area contributed by atoms with E-state index < -0.39 is 13.3 Å². The van der Waals surface area contributed by atoms with Crippen LogP contribution in [0.25, 0.3) is 0 Å². The minimum atomic E-state index is -1.72. The van der Waals surface area contributed by atoms with E-state index in [1.54, 1.807) is 9.88 Å². The monoisotopic (exact) mass is 292 g/mol. The summed E-state index contributed by atoms with van der Waals surface area (Å²) < 4.78 is 1.67. The van der Waals surface area contributed by atoms with Crippen LogP contribution in [-0.4, -0.2) is 20.0 Å². The molecule has 0 spiro atoms. The predicted molar refractivity (Wildman–Crippen MR) is 86.6 cm³/mol. The molecule has 0 heterocycles. The van der Waals surface area contributed by atoms with Gasteiger partial charge >= 0.3 is 111 Å². The van der Waals surface area contributed by atoms with Crippen LogP contribution in [0, 0.1) is 0 Å². The van der Waals surface area contributed by atoms with E-state index >= 15 is 0 Å². The molecule has 94 valence electrons. The zero-order valence-electron chi connectivity index (χ0n) is 12.1. The fraction of sp³-hybridized carbons (Fsp3) is 0.467. The van der Waals surface area contributed by atoms with E-state index in [0.29, 0.717) is 6.71 Å². The van der Waals surface area contributed by atoms with Gasteiger partial charge in [0.2, 0.25) is 0 Å². The molecule has 0 unspecified atom stereocenters. The predicted octanol–water partition coefficient (Wildman–Crippen LogP) is 5.16. The molecule has 0 aliphatic heterocycles. The molecule has 0 N–H and O–H groups in total. The Kier molecular flexibility index (Phi) is 7.61. The topological polar surface area (TPSA) is 0 Å². The molecular formula is C15H27BGe. The van der Waals surface area contributed by atoms with Crippen molar-refractivity contribution < 1.29 is 0 Å². The summed E-state index contributed by atoms with van der Waals surface area (Å²) in [6.45, 7) is 14.6. The van der Waals surface area contributed by atoms with Gasteiger partial charge in [0.15, 0.2) is 0 Å². The summed E-state index contributed by atoms with van der Waals surface area (Å²) in [5.74, 6) is 7.37. The van der Waals surface area contributed by atoms with E-state index in [4.69, 9.17) is 0 Å². The van der Waals surface area contributed by atoms with Crippen molar-refractivity contribution in [3.8, 4) is 0 Å². The van der Waals surface area contributed by atoms with Crippen molar-refractivity contribution in [2.75, 3.05) is 0 Å². The van der Waals surface area contributed by atoms with Crippen LogP contribution in [0.2, 0.25) is 29.9 Å². The van der Waals surface area contributed by atoms with E-state index in [2.05, 4.69) is 43.9 Å². The van der Waals surface area contributed by atoms with Gasteiger partial charge < -0.3 is 0 Å². The van der Waals surface area contributed by atoms with Gasteiger partial charge in [0.05, 0.1) is 0 Å². The van der Waals surface area contributed by atoms with Gasteiger partial charge in [0, 0.05) is 0 Å². The van der Waals surface area contributed by atoms with E-state index in [-0.39, 0.29) is 0 Å². The molecule has 0 aromatic rings. The summed E-state index contributed by atoms with van der Waals surface area (Å²) in [7, 11) is 0. The second-order valence-electron chi connectivity index (χ2n) is 5.64. The molecule has 0 aromatic heterocycles. The summed E-state index contributed by atoms with van der Waals surface area (Å²) in [6, 6.07) is 0. The molecule has 0 fully saturated rings. The van der Waals surface area contributed by atoms with Crippen LogP contribution in [-0.2, 0) is 0 Å². The number of hydrogen-bond acceptors (Lipinski definition) is 0. The Hall–Kier alpha value is -0.432. The van der Waals surface area contributed by atoms with Gasteiger partial charge in [-0.2, -0.15) is 0 Å². The molecule has 0 saturated carbocycles. The van der Waals surface area contributed by atoms with Crippen molar-refractivity contribution in [3.63, 3.8) is 0 Å². The van der Waals surface area contributed by atoms with Gasteiger partial charge in [0.1, 0.15) is 0 Å². The molecule has 0 aromatic carbocycles. The van der Waals surface area contributed by atoms with Crippen LogP contribution < -0.4 is 0 Å². The maximum atomic E-state index is 3.90. The SMILES string of the molecule is C=CCB(CC=C)/C(CC=C)=[C](/C)[Ge]([CH3])([CH3])[CH3]. The standard InChI is InChI=1S/C15H27BGe/c1-8-11-15(14(4)17(5,6)7)16(12-9-2)13-10-3/h8-10H,1-3,11-13H2,4-7H3/b15-14-.